The Bertz CT molecular complexity index is 801. The lowest BCUT2D eigenvalue weighted by atomic mass is 9.46. The van der Waals surface area contributed by atoms with E-state index in [1.54, 1.807) is 5.57 Å². The van der Waals surface area contributed by atoms with E-state index in [9.17, 15) is 5.11 Å². The van der Waals surface area contributed by atoms with Gasteiger partial charge in [-0.3, -0.25) is 0 Å². The van der Waals surface area contributed by atoms with Gasteiger partial charge in [-0.25, -0.2) is 0 Å². The van der Waals surface area contributed by atoms with Gasteiger partial charge in [0.2, 0.25) is 0 Å². The Hall–Kier alpha value is -1.53. The first kappa shape index (κ1) is 15.7. The zero-order chi connectivity index (χ0) is 17.4. The van der Waals surface area contributed by atoms with Gasteiger partial charge >= 0.3 is 0 Å². The third kappa shape index (κ3) is 1.79. The van der Waals surface area contributed by atoms with E-state index in [1.165, 1.54) is 12.0 Å². The number of terminal acetylenes is 1. The number of fused-ring (bicyclic) bond motifs is 6. The second kappa shape index (κ2) is 4.80. The van der Waals surface area contributed by atoms with Crippen molar-refractivity contribution in [2.24, 2.45) is 28.6 Å². The number of aliphatic hydroxyl groups is 1. The van der Waals surface area contributed by atoms with Crippen LogP contribution >= 0.6 is 0 Å². The van der Waals surface area contributed by atoms with E-state index in [-0.39, 0.29) is 10.8 Å². The molecule has 0 amide bonds. The first-order valence-electron chi connectivity index (χ1n) is 9.76. The van der Waals surface area contributed by atoms with Crippen molar-refractivity contribution in [1.82, 2.24) is 5.16 Å². The maximum atomic E-state index is 11.1. The number of nitrogens with zero attached hydrogens (tertiary/aromatic N) is 1. The van der Waals surface area contributed by atoms with Gasteiger partial charge in [0, 0.05) is 11.0 Å². The van der Waals surface area contributed by atoms with Crippen LogP contribution in [0.5, 0.6) is 0 Å². The molecule has 0 aromatic carbocycles. The van der Waals surface area contributed by atoms with E-state index >= 15 is 0 Å². The quantitative estimate of drug-likeness (QED) is 0.721. The van der Waals surface area contributed by atoms with Crippen molar-refractivity contribution in [2.75, 3.05) is 0 Å². The number of hydrogen-bond donors (Lipinski definition) is 1. The normalized spacial score (nSPS) is 47.8. The summed E-state index contributed by atoms with van der Waals surface area (Å²) in [5.74, 6) is 5.64. The molecule has 1 aromatic rings. The molecular formula is C22H27NO2. The van der Waals surface area contributed by atoms with Crippen LogP contribution in [0.25, 0.3) is 6.08 Å². The van der Waals surface area contributed by atoms with Gasteiger partial charge in [-0.1, -0.05) is 30.5 Å². The molecule has 3 nitrogen and oxygen atoms in total. The zero-order valence-corrected chi connectivity index (χ0v) is 15.2. The van der Waals surface area contributed by atoms with Crippen LogP contribution in [-0.4, -0.2) is 15.9 Å². The molecule has 4 aliphatic rings. The van der Waals surface area contributed by atoms with Gasteiger partial charge < -0.3 is 9.63 Å². The van der Waals surface area contributed by atoms with Gasteiger partial charge in [-0.05, 0) is 74.2 Å². The van der Waals surface area contributed by atoms with Crippen LogP contribution in [0.1, 0.15) is 63.7 Å². The van der Waals surface area contributed by atoms with E-state index in [0.29, 0.717) is 17.8 Å². The highest BCUT2D eigenvalue weighted by Crippen LogP contribution is 2.67. The minimum atomic E-state index is -0.909. The summed E-state index contributed by atoms with van der Waals surface area (Å²) in [6.45, 7) is 4.71. The fourth-order valence-corrected chi connectivity index (χ4v) is 7.14. The summed E-state index contributed by atoms with van der Waals surface area (Å²) >= 11 is 0. The Kier molecular flexibility index (Phi) is 3.01. The molecule has 3 saturated carbocycles. The van der Waals surface area contributed by atoms with Crippen molar-refractivity contribution < 1.29 is 9.63 Å². The van der Waals surface area contributed by atoms with Crippen molar-refractivity contribution >= 4 is 6.08 Å². The van der Waals surface area contributed by atoms with Crippen molar-refractivity contribution in [2.45, 2.75) is 64.4 Å². The minimum absolute atomic E-state index is 0.114. The largest absolute Gasteiger partial charge is 0.377 e. The lowest BCUT2D eigenvalue weighted by Crippen LogP contribution is -2.54. The molecule has 1 N–H and O–H groups in total. The molecule has 0 aliphatic heterocycles. The maximum Gasteiger partial charge on any atom is 0.162 e. The lowest BCUT2D eigenvalue weighted by molar-refractivity contribution is -0.0975. The SMILES string of the molecule is C#C[C@]1(O)CCC2C3CCC4=Cc5oncc5C[C@]4(C)C3CC[C@@]21C. The maximum absolute atomic E-state index is 11.1. The second-order valence-corrected chi connectivity index (χ2v) is 9.39. The van der Waals surface area contributed by atoms with Gasteiger partial charge in [0.15, 0.2) is 5.76 Å². The van der Waals surface area contributed by atoms with Crippen molar-refractivity contribution in [3.05, 3.63) is 23.1 Å². The predicted molar refractivity (Wildman–Crippen MR) is 96.4 cm³/mol. The molecule has 4 aliphatic carbocycles. The summed E-state index contributed by atoms with van der Waals surface area (Å²) in [7, 11) is 0. The molecule has 3 unspecified atom stereocenters. The average Bonchev–Trinajstić information content (AvgIpc) is 3.14. The Morgan fingerprint density at radius 2 is 2.04 bits per heavy atom. The first-order chi connectivity index (χ1) is 11.9. The fraction of sp³-hybridized carbons (Fsp3) is 0.682. The number of rotatable bonds is 0. The Labute approximate surface area is 149 Å². The molecule has 0 saturated heterocycles. The monoisotopic (exact) mass is 337 g/mol. The zero-order valence-electron chi connectivity index (χ0n) is 15.2. The van der Waals surface area contributed by atoms with Crippen LogP contribution in [-0.2, 0) is 6.42 Å². The third-order valence-corrected chi connectivity index (χ3v) is 8.67. The Balaban J connectivity index is 1.53. The minimum Gasteiger partial charge on any atom is -0.377 e. The standard InChI is InChI=1S/C22H27NO2/c1-4-22(24)10-8-18-16-6-5-15-11-19-14(13-23-25-19)12-20(15,2)17(16)7-9-21(18,22)3/h1,11,13,16-18,24H,5-10,12H2,2-3H3/t16?,17?,18?,20-,21-,22-/m0/s1. The fourth-order valence-electron chi connectivity index (χ4n) is 7.14. The summed E-state index contributed by atoms with van der Waals surface area (Å²) < 4.78 is 5.43. The topological polar surface area (TPSA) is 46.3 Å². The van der Waals surface area contributed by atoms with Crippen molar-refractivity contribution in [3.63, 3.8) is 0 Å². The predicted octanol–water partition coefficient (Wildman–Crippen LogP) is 4.22. The van der Waals surface area contributed by atoms with Crippen LogP contribution < -0.4 is 0 Å². The van der Waals surface area contributed by atoms with E-state index in [2.05, 4.69) is 31.0 Å². The third-order valence-electron chi connectivity index (χ3n) is 8.67. The second-order valence-electron chi connectivity index (χ2n) is 9.39. The molecule has 0 spiro atoms. The van der Waals surface area contributed by atoms with Crippen LogP contribution in [0, 0.1) is 40.9 Å². The molecule has 5 rings (SSSR count). The molecule has 6 atom stereocenters. The van der Waals surface area contributed by atoms with Crippen molar-refractivity contribution in [3.8, 4) is 12.3 Å². The molecule has 0 radical (unpaired) electrons. The molecule has 0 bridgehead atoms. The first-order valence-corrected chi connectivity index (χ1v) is 9.76. The highest BCUT2D eigenvalue weighted by molar-refractivity contribution is 5.57. The summed E-state index contributed by atoms with van der Waals surface area (Å²) in [6, 6.07) is 0. The van der Waals surface area contributed by atoms with E-state index in [1.807, 2.05) is 6.20 Å². The average molecular weight is 337 g/mol. The van der Waals surface area contributed by atoms with Gasteiger partial charge in [0.1, 0.15) is 5.60 Å². The van der Waals surface area contributed by atoms with E-state index < -0.39 is 5.60 Å². The number of allylic oxidation sites excluding steroid dienone is 1. The lowest BCUT2D eigenvalue weighted by Gasteiger charge is -2.58. The Morgan fingerprint density at radius 1 is 1.24 bits per heavy atom. The molecule has 3 heteroatoms. The highest BCUT2D eigenvalue weighted by Gasteiger charge is 2.63. The van der Waals surface area contributed by atoms with Gasteiger partial charge in [-0.2, -0.15) is 0 Å². The highest BCUT2D eigenvalue weighted by atomic mass is 16.5. The van der Waals surface area contributed by atoms with Crippen LogP contribution in [0.4, 0.5) is 0 Å². The molecule has 3 fully saturated rings. The summed E-state index contributed by atoms with van der Waals surface area (Å²) in [5, 5.41) is 15.1. The molecule has 25 heavy (non-hydrogen) atoms. The van der Waals surface area contributed by atoms with Crippen LogP contribution in [0.2, 0.25) is 0 Å². The van der Waals surface area contributed by atoms with Gasteiger partial charge in [0.25, 0.3) is 0 Å². The van der Waals surface area contributed by atoms with E-state index in [0.717, 1.165) is 44.3 Å². The van der Waals surface area contributed by atoms with E-state index in [4.69, 9.17) is 10.9 Å². The smallest absolute Gasteiger partial charge is 0.162 e. The number of hydrogen-bond acceptors (Lipinski definition) is 3. The summed E-state index contributed by atoms with van der Waals surface area (Å²) in [4.78, 5) is 0. The van der Waals surface area contributed by atoms with Gasteiger partial charge in [-0.15, -0.1) is 6.42 Å². The van der Waals surface area contributed by atoms with Crippen molar-refractivity contribution in [1.29, 1.82) is 0 Å². The Morgan fingerprint density at radius 3 is 2.84 bits per heavy atom. The van der Waals surface area contributed by atoms with Crippen LogP contribution in [0.15, 0.2) is 16.3 Å². The molecule has 132 valence electrons. The van der Waals surface area contributed by atoms with Gasteiger partial charge in [0.05, 0.1) is 6.20 Å². The summed E-state index contributed by atoms with van der Waals surface area (Å²) in [5.41, 5.74) is 1.99. The number of aromatic nitrogens is 1. The van der Waals surface area contributed by atoms with Crippen LogP contribution in [0.3, 0.4) is 0 Å². The molecule has 1 aromatic heterocycles. The molecule has 1 heterocycles. The summed E-state index contributed by atoms with van der Waals surface area (Å²) in [6.07, 6.45) is 17.4. The molecular weight excluding hydrogens is 310 g/mol.